The third-order valence-corrected chi connectivity index (χ3v) is 4.72. The standard InChI is InChI=1S/C10H12ClN3O3S/c11-9-2-1-8(7-13-9)18(16,17)14-5-3-10(15)12-4-6-14/h1-2,7H,3-6H2,(H,12,15). The molecule has 0 spiro atoms. The second-order valence-corrected chi connectivity index (χ2v) is 6.15. The van der Waals surface area contributed by atoms with Crippen LogP contribution in [0, 0.1) is 0 Å². The minimum atomic E-state index is -3.61. The Morgan fingerprint density at radius 1 is 1.33 bits per heavy atom. The number of rotatable bonds is 2. The Morgan fingerprint density at radius 2 is 2.11 bits per heavy atom. The van der Waals surface area contributed by atoms with Gasteiger partial charge in [0.25, 0.3) is 0 Å². The summed E-state index contributed by atoms with van der Waals surface area (Å²) in [7, 11) is -3.61. The predicted molar refractivity (Wildman–Crippen MR) is 65.6 cm³/mol. The molecule has 1 aromatic rings. The average Bonchev–Trinajstić information content (AvgIpc) is 2.55. The lowest BCUT2D eigenvalue weighted by Crippen LogP contribution is -2.34. The summed E-state index contributed by atoms with van der Waals surface area (Å²) in [4.78, 5) is 15.0. The van der Waals surface area contributed by atoms with Crippen molar-refractivity contribution in [3.63, 3.8) is 0 Å². The monoisotopic (exact) mass is 289 g/mol. The van der Waals surface area contributed by atoms with Crippen LogP contribution in [-0.4, -0.2) is 43.2 Å². The van der Waals surface area contributed by atoms with E-state index in [2.05, 4.69) is 10.3 Å². The first-order valence-corrected chi connectivity index (χ1v) is 7.20. The van der Waals surface area contributed by atoms with Crippen molar-refractivity contribution in [2.45, 2.75) is 11.3 Å². The van der Waals surface area contributed by atoms with Gasteiger partial charge in [-0.2, -0.15) is 4.31 Å². The van der Waals surface area contributed by atoms with Gasteiger partial charge in [0.1, 0.15) is 10.0 Å². The fourth-order valence-corrected chi connectivity index (χ4v) is 3.15. The van der Waals surface area contributed by atoms with Gasteiger partial charge in [-0.15, -0.1) is 0 Å². The molecule has 1 amide bonds. The maximum atomic E-state index is 12.3. The molecule has 1 saturated heterocycles. The van der Waals surface area contributed by atoms with Crippen LogP contribution in [0.25, 0.3) is 0 Å². The van der Waals surface area contributed by atoms with E-state index in [4.69, 9.17) is 11.6 Å². The molecule has 8 heteroatoms. The van der Waals surface area contributed by atoms with Gasteiger partial charge in [0.05, 0.1) is 0 Å². The third-order valence-electron chi connectivity index (χ3n) is 2.61. The van der Waals surface area contributed by atoms with Gasteiger partial charge >= 0.3 is 0 Å². The van der Waals surface area contributed by atoms with Crippen molar-refractivity contribution in [3.05, 3.63) is 23.5 Å². The first kappa shape index (κ1) is 13.3. The van der Waals surface area contributed by atoms with Gasteiger partial charge in [0.15, 0.2) is 0 Å². The molecule has 0 bridgehead atoms. The second kappa shape index (κ2) is 5.21. The Kier molecular flexibility index (Phi) is 3.84. The van der Waals surface area contributed by atoms with Crippen LogP contribution in [0.1, 0.15) is 6.42 Å². The first-order chi connectivity index (χ1) is 8.50. The van der Waals surface area contributed by atoms with Gasteiger partial charge in [-0.1, -0.05) is 11.6 Å². The molecule has 1 aromatic heterocycles. The highest BCUT2D eigenvalue weighted by molar-refractivity contribution is 7.89. The number of amides is 1. The number of halogens is 1. The Bertz CT molecular complexity index is 544. The topological polar surface area (TPSA) is 79.4 Å². The summed E-state index contributed by atoms with van der Waals surface area (Å²) in [6, 6.07) is 2.83. The van der Waals surface area contributed by atoms with Crippen molar-refractivity contribution in [1.29, 1.82) is 0 Å². The van der Waals surface area contributed by atoms with E-state index in [1.54, 1.807) is 0 Å². The van der Waals surface area contributed by atoms with Gasteiger partial charge in [0.2, 0.25) is 15.9 Å². The zero-order valence-electron chi connectivity index (χ0n) is 9.47. The van der Waals surface area contributed by atoms with E-state index in [0.717, 1.165) is 0 Å². The minimum absolute atomic E-state index is 0.0845. The molecule has 2 rings (SSSR count). The van der Waals surface area contributed by atoms with Crippen LogP contribution in [0.3, 0.4) is 0 Å². The van der Waals surface area contributed by atoms with Crippen LogP contribution in [0.4, 0.5) is 0 Å². The van der Waals surface area contributed by atoms with Crippen LogP contribution >= 0.6 is 11.6 Å². The van der Waals surface area contributed by atoms with Crippen molar-refractivity contribution in [1.82, 2.24) is 14.6 Å². The molecule has 6 nitrogen and oxygen atoms in total. The number of pyridine rings is 1. The van der Waals surface area contributed by atoms with Crippen LogP contribution in [0.15, 0.2) is 23.2 Å². The second-order valence-electron chi connectivity index (χ2n) is 3.82. The molecule has 98 valence electrons. The van der Waals surface area contributed by atoms with Gasteiger partial charge in [-0.05, 0) is 12.1 Å². The van der Waals surface area contributed by atoms with Crippen LogP contribution in [0.2, 0.25) is 5.15 Å². The number of carbonyl (C=O) groups excluding carboxylic acids is 1. The molecular formula is C10H12ClN3O3S. The number of sulfonamides is 1. The summed E-state index contributed by atoms with van der Waals surface area (Å²) in [5.41, 5.74) is 0. The molecule has 18 heavy (non-hydrogen) atoms. The molecule has 0 unspecified atom stereocenters. The number of nitrogens with one attached hydrogen (secondary N) is 1. The number of hydrogen-bond acceptors (Lipinski definition) is 4. The number of carbonyl (C=O) groups is 1. The Hall–Kier alpha value is -1.18. The zero-order valence-corrected chi connectivity index (χ0v) is 11.0. The Balaban J connectivity index is 2.25. The summed E-state index contributed by atoms with van der Waals surface area (Å²) in [5, 5.41) is 2.86. The fraction of sp³-hybridized carbons (Fsp3) is 0.400. The third kappa shape index (κ3) is 2.80. The van der Waals surface area contributed by atoms with E-state index in [1.807, 2.05) is 0 Å². The molecule has 2 heterocycles. The summed E-state index contributed by atoms with van der Waals surface area (Å²) < 4.78 is 25.8. The van der Waals surface area contributed by atoms with Gasteiger partial charge < -0.3 is 5.32 Å². The normalized spacial score (nSPS) is 18.2. The van der Waals surface area contributed by atoms with Crippen LogP contribution in [0.5, 0.6) is 0 Å². The molecule has 0 radical (unpaired) electrons. The largest absolute Gasteiger partial charge is 0.355 e. The van der Waals surface area contributed by atoms with Crippen molar-refractivity contribution in [2.75, 3.05) is 19.6 Å². The fourth-order valence-electron chi connectivity index (χ4n) is 1.65. The Morgan fingerprint density at radius 3 is 2.78 bits per heavy atom. The molecule has 0 saturated carbocycles. The molecular weight excluding hydrogens is 278 g/mol. The minimum Gasteiger partial charge on any atom is -0.355 e. The highest BCUT2D eigenvalue weighted by Gasteiger charge is 2.26. The van der Waals surface area contributed by atoms with E-state index < -0.39 is 10.0 Å². The van der Waals surface area contributed by atoms with E-state index in [0.29, 0.717) is 6.54 Å². The molecule has 1 aliphatic heterocycles. The maximum absolute atomic E-state index is 12.3. The lowest BCUT2D eigenvalue weighted by Gasteiger charge is -2.18. The molecule has 1 fully saturated rings. The lowest BCUT2D eigenvalue weighted by molar-refractivity contribution is -0.120. The van der Waals surface area contributed by atoms with Gasteiger partial charge in [-0.3, -0.25) is 4.79 Å². The lowest BCUT2D eigenvalue weighted by atomic mass is 10.4. The van der Waals surface area contributed by atoms with Gasteiger partial charge in [0, 0.05) is 32.3 Å². The SMILES string of the molecule is O=C1CCN(S(=O)(=O)c2ccc(Cl)nc2)CCN1. The van der Waals surface area contributed by atoms with E-state index in [9.17, 15) is 13.2 Å². The number of aromatic nitrogens is 1. The van der Waals surface area contributed by atoms with Crippen molar-refractivity contribution < 1.29 is 13.2 Å². The molecule has 1 aliphatic rings. The molecule has 0 atom stereocenters. The predicted octanol–water partition coefficient (Wildman–Crippen LogP) is 0.246. The highest BCUT2D eigenvalue weighted by Crippen LogP contribution is 2.17. The first-order valence-electron chi connectivity index (χ1n) is 5.38. The summed E-state index contributed by atoms with van der Waals surface area (Å²) in [5.74, 6) is -0.137. The van der Waals surface area contributed by atoms with E-state index >= 15 is 0 Å². The smallest absolute Gasteiger partial charge is 0.244 e. The van der Waals surface area contributed by atoms with Crippen molar-refractivity contribution in [2.24, 2.45) is 0 Å². The zero-order chi connectivity index (χ0) is 13.2. The van der Waals surface area contributed by atoms with E-state index in [-0.39, 0.29) is 35.5 Å². The van der Waals surface area contributed by atoms with E-state index in [1.165, 1.54) is 22.6 Å². The number of hydrogen-bond donors (Lipinski definition) is 1. The average molecular weight is 290 g/mol. The van der Waals surface area contributed by atoms with Crippen LogP contribution in [-0.2, 0) is 14.8 Å². The molecule has 0 aromatic carbocycles. The van der Waals surface area contributed by atoms with Crippen molar-refractivity contribution in [3.8, 4) is 0 Å². The highest BCUT2D eigenvalue weighted by atomic mass is 35.5. The molecule has 1 N–H and O–H groups in total. The van der Waals surface area contributed by atoms with Crippen LogP contribution < -0.4 is 5.32 Å². The maximum Gasteiger partial charge on any atom is 0.244 e. The number of nitrogens with zero attached hydrogens (tertiary/aromatic N) is 2. The summed E-state index contributed by atoms with van der Waals surface area (Å²) >= 11 is 5.62. The van der Waals surface area contributed by atoms with Crippen molar-refractivity contribution >= 4 is 27.5 Å². The Labute approximate surface area is 110 Å². The van der Waals surface area contributed by atoms with Gasteiger partial charge in [-0.25, -0.2) is 13.4 Å². The quantitative estimate of drug-likeness (QED) is 0.791. The molecule has 0 aliphatic carbocycles. The summed E-state index contributed by atoms with van der Waals surface area (Å²) in [6.07, 6.45) is 1.39. The summed E-state index contributed by atoms with van der Waals surface area (Å²) in [6.45, 7) is 0.757.